The highest BCUT2D eigenvalue weighted by molar-refractivity contribution is 5.95. The van der Waals surface area contributed by atoms with Gasteiger partial charge in [-0.25, -0.2) is 9.78 Å². The number of hydrogen-bond donors (Lipinski definition) is 8. The second kappa shape index (κ2) is 14.8. The molecule has 15 nitrogen and oxygen atoms in total. The van der Waals surface area contributed by atoms with Crippen LogP contribution in [0.2, 0.25) is 0 Å². The molecular weight excluding hydrogens is 514 g/mol. The van der Waals surface area contributed by atoms with Gasteiger partial charge in [0.2, 0.25) is 23.6 Å². The fourth-order valence-corrected chi connectivity index (χ4v) is 3.54. The minimum atomic E-state index is -1.43. The maximum atomic E-state index is 13.2. The van der Waals surface area contributed by atoms with E-state index in [9.17, 15) is 33.9 Å². The Balaban J connectivity index is 2.24. The summed E-state index contributed by atoms with van der Waals surface area (Å²) in [7, 11) is 0. The number of nitrogens with zero attached hydrogens (tertiary/aromatic N) is 1. The summed E-state index contributed by atoms with van der Waals surface area (Å²) >= 11 is 0. The van der Waals surface area contributed by atoms with E-state index in [-0.39, 0.29) is 19.3 Å². The molecule has 1 aromatic heterocycles. The predicted molar refractivity (Wildman–Crippen MR) is 135 cm³/mol. The molecule has 2 aromatic rings. The lowest BCUT2D eigenvalue weighted by atomic mass is 10.0. The second-order valence-electron chi connectivity index (χ2n) is 8.70. The quantitative estimate of drug-likeness (QED) is 0.113. The number of primary amides is 1. The standard InChI is InChI=1S/C24H31N7O8/c25-15(10-19(26)32)21(35)29-16(6-7-20(33)34)22(36)30-17(8-13-4-2-1-3-5-13)23(37)31-18(24(38)39)9-14-11-27-12-28-14/h1-5,11-12,15-18H,6-10,25H2,(H2,26,32)(H,27,28)(H,29,35)(H,30,36)(H,31,37)(H,33,34)(H,38,39). The molecule has 4 amide bonds. The number of H-pyrrole nitrogens is 1. The van der Waals surface area contributed by atoms with Crippen LogP contribution in [-0.2, 0) is 41.6 Å². The Hall–Kier alpha value is -4.79. The van der Waals surface area contributed by atoms with Crippen LogP contribution >= 0.6 is 0 Å². The highest BCUT2D eigenvalue weighted by Crippen LogP contribution is 2.08. The molecule has 1 heterocycles. The Labute approximate surface area is 222 Å². The van der Waals surface area contributed by atoms with E-state index in [0.717, 1.165) is 0 Å². The highest BCUT2D eigenvalue weighted by Gasteiger charge is 2.31. The third-order valence-corrected chi connectivity index (χ3v) is 5.55. The van der Waals surface area contributed by atoms with Crippen molar-refractivity contribution in [2.24, 2.45) is 11.5 Å². The number of aromatic nitrogens is 2. The van der Waals surface area contributed by atoms with E-state index in [1.54, 1.807) is 30.3 Å². The van der Waals surface area contributed by atoms with E-state index < -0.39 is 72.6 Å². The van der Waals surface area contributed by atoms with Crippen molar-refractivity contribution >= 4 is 35.6 Å². The zero-order valence-corrected chi connectivity index (χ0v) is 20.8. The molecule has 0 saturated heterocycles. The van der Waals surface area contributed by atoms with Gasteiger partial charge in [-0.15, -0.1) is 0 Å². The van der Waals surface area contributed by atoms with Gasteiger partial charge in [0.15, 0.2) is 0 Å². The van der Waals surface area contributed by atoms with Gasteiger partial charge in [-0.3, -0.25) is 24.0 Å². The Morgan fingerprint density at radius 3 is 2.05 bits per heavy atom. The minimum Gasteiger partial charge on any atom is -0.481 e. The summed E-state index contributed by atoms with van der Waals surface area (Å²) in [6.45, 7) is 0. The number of amides is 4. The number of imidazole rings is 1. The first-order valence-electron chi connectivity index (χ1n) is 11.9. The molecule has 0 spiro atoms. The lowest BCUT2D eigenvalue weighted by molar-refractivity contribution is -0.142. The maximum absolute atomic E-state index is 13.2. The molecule has 210 valence electrons. The SMILES string of the molecule is NC(=O)CC(N)C(=O)NC(CCC(=O)O)C(=O)NC(Cc1ccccc1)C(=O)NC(Cc1cnc[nH]1)C(=O)O. The molecule has 10 N–H and O–H groups in total. The van der Waals surface area contributed by atoms with E-state index >= 15 is 0 Å². The number of carboxylic acid groups (broad SMARTS) is 2. The number of benzene rings is 1. The molecule has 4 unspecified atom stereocenters. The molecule has 0 aliphatic carbocycles. The Morgan fingerprint density at radius 2 is 1.49 bits per heavy atom. The van der Waals surface area contributed by atoms with Crippen molar-refractivity contribution in [1.29, 1.82) is 0 Å². The van der Waals surface area contributed by atoms with Crippen molar-refractivity contribution in [3.05, 3.63) is 54.1 Å². The van der Waals surface area contributed by atoms with E-state index in [4.69, 9.17) is 16.6 Å². The molecule has 4 atom stereocenters. The van der Waals surface area contributed by atoms with E-state index in [2.05, 4.69) is 25.9 Å². The third-order valence-electron chi connectivity index (χ3n) is 5.55. The van der Waals surface area contributed by atoms with Crippen LogP contribution in [0.15, 0.2) is 42.9 Å². The Kier molecular flexibility index (Phi) is 11.6. The first-order valence-corrected chi connectivity index (χ1v) is 11.9. The van der Waals surface area contributed by atoms with Crippen LogP contribution in [0, 0.1) is 0 Å². The van der Waals surface area contributed by atoms with Gasteiger partial charge in [-0.2, -0.15) is 0 Å². The molecule has 0 saturated carbocycles. The van der Waals surface area contributed by atoms with Crippen LogP contribution in [0.3, 0.4) is 0 Å². The summed E-state index contributed by atoms with van der Waals surface area (Å²) in [6.07, 6.45) is 1.24. The monoisotopic (exact) mass is 545 g/mol. The van der Waals surface area contributed by atoms with Crippen LogP contribution in [0.4, 0.5) is 0 Å². The fraction of sp³-hybridized carbons (Fsp3) is 0.375. The first-order chi connectivity index (χ1) is 18.5. The van der Waals surface area contributed by atoms with Crippen molar-refractivity contribution in [1.82, 2.24) is 25.9 Å². The Morgan fingerprint density at radius 1 is 0.872 bits per heavy atom. The summed E-state index contributed by atoms with van der Waals surface area (Å²) in [5.74, 6) is -6.08. The van der Waals surface area contributed by atoms with E-state index in [0.29, 0.717) is 11.3 Å². The molecular formula is C24H31N7O8. The van der Waals surface area contributed by atoms with Crippen LogP contribution in [0.5, 0.6) is 0 Å². The summed E-state index contributed by atoms with van der Waals surface area (Å²) in [4.78, 5) is 79.3. The van der Waals surface area contributed by atoms with Crippen molar-refractivity contribution in [3.8, 4) is 0 Å². The summed E-state index contributed by atoms with van der Waals surface area (Å²) < 4.78 is 0. The van der Waals surface area contributed by atoms with Crippen molar-refractivity contribution in [3.63, 3.8) is 0 Å². The van der Waals surface area contributed by atoms with Crippen LogP contribution < -0.4 is 27.4 Å². The molecule has 15 heteroatoms. The summed E-state index contributed by atoms with van der Waals surface area (Å²) in [5.41, 5.74) is 11.8. The van der Waals surface area contributed by atoms with Crippen molar-refractivity contribution in [2.75, 3.05) is 0 Å². The molecule has 0 bridgehead atoms. The van der Waals surface area contributed by atoms with Gasteiger partial charge in [-0.05, 0) is 12.0 Å². The van der Waals surface area contributed by atoms with Gasteiger partial charge >= 0.3 is 11.9 Å². The van der Waals surface area contributed by atoms with Gasteiger partial charge in [0.25, 0.3) is 0 Å². The minimum absolute atomic E-state index is 0.0460. The summed E-state index contributed by atoms with van der Waals surface area (Å²) in [5, 5.41) is 25.8. The average Bonchev–Trinajstić information content (AvgIpc) is 3.38. The van der Waals surface area contributed by atoms with Crippen molar-refractivity contribution < 1.29 is 39.0 Å². The van der Waals surface area contributed by atoms with Gasteiger partial charge in [0, 0.05) is 31.2 Å². The lowest BCUT2D eigenvalue weighted by Gasteiger charge is -2.25. The van der Waals surface area contributed by atoms with E-state index in [1.807, 2.05) is 0 Å². The lowest BCUT2D eigenvalue weighted by Crippen LogP contribution is -2.58. The third kappa shape index (κ3) is 10.6. The molecule has 2 rings (SSSR count). The number of carbonyl (C=O) groups excluding carboxylic acids is 4. The number of hydrogen-bond acceptors (Lipinski definition) is 8. The number of carbonyl (C=O) groups is 6. The van der Waals surface area contributed by atoms with Crippen LogP contribution in [0.25, 0.3) is 0 Å². The molecule has 0 aliphatic rings. The normalized spacial score (nSPS) is 13.8. The van der Waals surface area contributed by atoms with Crippen LogP contribution in [0.1, 0.15) is 30.5 Å². The molecule has 1 aromatic carbocycles. The van der Waals surface area contributed by atoms with Gasteiger partial charge in [-0.1, -0.05) is 30.3 Å². The Bertz CT molecular complexity index is 1160. The zero-order valence-electron chi connectivity index (χ0n) is 20.8. The maximum Gasteiger partial charge on any atom is 0.326 e. The first kappa shape index (κ1) is 30.4. The largest absolute Gasteiger partial charge is 0.481 e. The van der Waals surface area contributed by atoms with E-state index in [1.165, 1.54) is 12.5 Å². The molecule has 39 heavy (non-hydrogen) atoms. The topological polar surface area (TPSA) is 260 Å². The predicted octanol–water partition coefficient (Wildman–Crippen LogP) is -2.20. The molecule has 0 fully saturated rings. The number of nitrogens with one attached hydrogen (secondary N) is 4. The summed E-state index contributed by atoms with van der Waals surface area (Å²) in [6, 6.07) is 3.07. The van der Waals surface area contributed by atoms with Crippen molar-refractivity contribution in [2.45, 2.75) is 56.3 Å². The van der Waals surface area contributed by atoms with Crippen LogP contribution in [-0.4, -0.2) is 79.9 Å². The molecule has 0 radical (unpaired) electrons. The molecule has 0 aliphatic heterocycles. The average molecular weight is 546 g/mol. The second-order valence-corrected chi connectivity index (χ2v) is 8.70. The number of rotatable bonds is 16. The highest BCUT2D eigenvalue weighted by atomic mass is 16.4. The zero-order chi connectivity index (χ0) is 28.9. The number of nitrogens with two attached hydrogens (primary N) is 2. The van der Waals surface area contributed by atoms with Gasteiger partial charge in [0.05, 0.1) is 18.8 Å². The number of aromatic amines is 1. The number of aliphatic carboxylic acids is 2. The smallest absolute Gasteiger partial charge is 0.326 e. The number of carboxylic acids is 2. The van der Waals surface area contributed by atoms with Gasteiger partial charge < -0.3 is 42.6 Å². The fourth-order valence-electron chi connectivity index (χ4n) is 3.54. The van der Waals surface area contributed by atoms with Gasteiger partial charge in [0.1, 0.15) is 18.1 Å².